The molecule has 1 unspecified atom stereocenters. The lowest BCUT2D eigenvalue weighted by molar-refractivity contribution is -0.141. The molecule has 0 fully saturated rings. The number of benzene rings is 2. The zero-order valence-corrected chi connectivity index (χ0v) is 14.4. The summed E-state index contributed by atoms with van der Waals surface area (Å²) in [5, 5.41) is 9.03. The van der Waals surface area contributed by atoms with Gasteiger partial charge in [0.15, 0.2) is 5.78 Å². The van der Waals surface area contributed by atoms with Gasteiger partial charge in [0.1, 0.15) is 0 Å². The second-order valence-electron chi connectivity index (χ2n) is 5.15. The molecule has 0 saturated heterocycles. The Hall–Kier alpha value is -1.69. The number of aliphatic carboxylic acids is 1. The fraction of sp³-hybridized carbons (Fsp3) is 0.222. The van der Waals surface area contributed by atoms with Gasteiger partial charge in [-0.2, -0.15) is 0 Å². The van der Waals surface area contributed by atoms with Crippen LogP contribution in [0.5, 0.6) is 0 Å². The van der Waals surface area contributed by atoms with Crippen molar-refractivity contribution in [2.45, 2.75) is 19.8 Å². The van der Waals surface area contributed by atoms with Gasteiger partial charge in [0.2, 0.25) is 0 Å². The van der Waals surface area contributed by atoms with Crippen LogP contribution in [0.3, 0.4) is 0 Å². The molecular weight excluding hydrogens is 391 g/mol. The van der Waals surface area contributed by atoms with Crippen LogP contribution in [0.1, 0.15) is 30.1 Å². The number of carboxylic acid groups (broad SMARTS) is 1. The van der Waals surface area contributed by atoms with E-state index in [4.69, 9.17) is 5.11 Å². The maximum atomic E-state index is 12.1. The van der Waals surface area contributed by atoms with E-state index in [2.05, 4.69) is 22.6 Å². The molecule has 0 amide bonds. The van der Waals surface area contributed by atoms with E-state index in [9.17, 15) is 9.59 Å². The van der Waals surface area contributed by atoms with E-state index in [1.54, 1.807) is 19.1 Å². The first kappa shape index (κ1) is 16.7. The Morgan fingerprint density at radius 2 is 1.50 bits per heavy atom. The summed E-state index contributed by atoms with van der Waals surface area (Å²) in [6.45, 7) is 1.78. The van der Waals surface area contributed by atoms with E-state index >= 15 is 0 Å². The maximum Gasteiger partial charge on any atom is 0.306 e. The summed E-state index contributed by atoms with van der Waals surface area (Å²) in [4.78, 5) is 23.2. The molecule has 2 aromatic carbocycles. The number of carbonyl (C=O) groups excluding carboxylic acids is 1. The summed E-state index contributed by atoms with van der Waals surface area (Å²) in [6, 6.07) is 15.5. The van der Waals surface area contributed by atoms with Gasteiger partial charge in [-0.3, -0.25) is 9.59 Å². The van der Waals surface area contributed by atoms with E-state index in [1.165, 1.54) is 3.57 Å². The number of hydrogen-bond acceptors (Lipinski definition) is 2. The minimum absolute atomic E-state index is 0.0503. The first-order chi connectivity index (χ1) is 10.5. The van der Waals surface area contributed by atoms with E-state index < -0.39 is 11.9 Å². The zero-order valence-electron chi connectivity index (χ0n) is 12.3. The Morgan fingerprint density at radius 1 is 1.00 bits per heavy atom. The summed E-state index contributed by atoms with van der Waals surface area (Å²) in [5.41, 5.74) is 2.70. The minimum Gasteiger partial charge on any atom is -0.481 e. The van der Waals surface area contributed by atoms with Gasteiger partial charge < -0.3 is 5.11 Å². The molecular formula is C18H17IO3. The Labute approximate surface area is 143 Å². The number of hydrogen-bond donors (Lipinski definition) is 1. The Morgan fingerprint density at radius 3 is 1.95 bits per heavy atom. The van der Waals surface area contributed by atoms with Crippen LogP contribution in [0.2, 0.25) is 0 Å². The van der Waals surface area contributed by atoms with Crippen molar-refractivity contribution in [2.75, 3.05) is 0 Å². The SMILES string of the molecule is CCC(CC(=O)c1ccc(-c2ccc(I)cc2)cc1)C(=O)O. The van der Waals surface area contributed by atoms with Crippen LogP contribution >= 0.6 is 22.6 Å². The van der Waals surface area contributed by atoms with Crippen LogP contribution in [0.15, 0.2) is 48.5 Å². The molecule has 0 aromatic heterocycles. The van der Waals surface area contributed by atoms with Gasteiger partial charge in [-0.05, 0) is 52.3 Å². The molecule has 0 aliphatic carbocycles. The number of rotatable bonds is 6. The minimum atomic E-state index is -0.911. The Kier molecular flexibility index (Phi) is 5.71. The van der Waals surface area contributed by atoms with Gasteiger partial charge in [0.05, 0.1) is 5.92 Å². The van der Waals surface area contributed by atoms with Crippen molar-refractivity contribution < 1.29 is 14.7 Å². The summed E-state index contributed by atoms with van der Waals surface area (Å²) in [5.74, 6) is -1.64. The second kappa shape index (κ2) is 7.54. The number of carboxylic acids is 1. The molecule has 0 aliphatic heterocycles. The van der Waals surface area contributed by atoms with Crippen molar-refractivity contribution in [1.29, 1.82) is 0 Å². The smallest absolute Gasteiger partial charge is 0.306 e. The maximum absolute atomic E-state index is 12.1. The average molecular weight is 408 g/mol. The second-order valence-corrected chi connectivity index (χ2v) is 6.40. The van der Waals surface area contributed by atoms with Crippen LogP contribution in [0.25, 0.3) is 11.1 Å². The highest BCUT2D eigenvalue weighted by Crippen LogP contribution is 2.22. The van der Waals surface area contributed by atoms with Crippen molar-refractivity contribution in [3.8, 4) is 11.1 Å². The highest BCUT2D eigenvalue weighted by atomic mass is 127. The van der Waals surface area contributed by atoms with Gasteiger partial charge in [-0.25, -0.2) is 0 Å². The van der Waals surface area contributed by atoms with Crippen LogP contribution in [-0.4, -0.2) is 16.9 Å². The molecule has 4 heteroatoms. The first-order valence-corrected chi connectivity index (χ1v) is 8.21. The predicted octanol–water partition coefficient (Wildman–Crippen LogP) is 4.64. The number of Topliss-reactive ketones (excluding diaryl/α,β-unsaturated/α-hetero) is 1. The largest absolute Gasteiger partial charge is 0.481 e. The molecule has 0 heterocycles. The molecule has 2 aromatic rings. The fourth-order valence-electron chi connectivity index (χ4n) is 2.24. The van der Waals surface area contributed by atoms with E-state index in [-0.39, 0.29) is 12.2 Å². The fourth-order valence-corrected chi connectivity index (χ4v) is 2.60. The molecule has 0 saturated carbocycles. The molecule has 1 atom stereocenters. The van der Waals surface area contributed by atoms with Crippen molar-refractivity contribution in [3.63, 3.8) is 0 Å². The Bertz CT molecular complexity index is 660. The highest BCUT2D eigenvalue weighted by Gasteiger charge is 2.19. The number of ketones is 1. The summed E-state index contributed by atoms with van der Waals surface area (Å²) in [6.07, 6.45) is 0.510. The van der Waals surface area contributed by atoms with Crippen molar-refractivity contribution in [3.05, 3.63) is 57.7 Å². The summed E-state index contributed by atoms with van der Waals surface area (Å²) in [7, 11) is 0. The molecule has 1 N–H and O–H groups in total. The Balaban J connectivity index is 2.13. The highest BCUT2D eigenvalue weighted by molar-refractivity contribution is 14.1. The third kappa shape index (κ3) is 4.16. The van der Waals surface area contributed by atoms with Crippen LogP contribution in [0.4, 0.5) is 0 Å². The first-order valence-electron chi connectivity index (χ1n) is 7.13. The van der Waals surface area contributed by atoms with Gasteiger partial charge in [0, 0.05) is 15.6 Å². The van der Waals surface area contributed by atoms with Crippen molar-refractivity contribution in [2.24, 2.45) is 5.92 Å². The summed E-state index contributed by atoms with van der Waals surface area (Å²) < 4.78 is 1.17. The molecule has 0 spiro atoms. The van der Waals surface area contributed by atoms with Gasteiger partial charge in [-0.15, -0.1) is 0 Å². The monoisotopic (exact) mass is 408 g/mol. The van der Waals surface area contributed by atoms with Gasteiger partial charge in [0.25, 0.3) is 0 Å². The molecule has 0 bridgehead atoms. The lowest BCUT2D eigenvalue weighted by atomic mass is 9.95. The molecule has 0 radical (unpaired) electrons. The molecule has 22 heavy (non-hydrogen) atoms. The zero-order chi connectivity index (χ0) is 16.1. The molecule has 0 aliphatic rings. The molecule has 114 valence electrons. The lowest BCUT2D eigenvalue weighted by Crippen LogP contribution is -2.17. The van der Waals surface area contributed by atoms with Crippen molar-refractivity contribution >= 4 is 34.3 Å². The van der Waals surface area contributed by atoms with E-state index in [0.29, 0.717) is 12.0 Å². The number of carbonyl (C=O) groups is 2. The van der Waals surface area contributed by atoms with Crippen LogP contribution in [0, 0.1) is 9.49 Å². The lowest BCUT2D eigenvalue weighted by Gasteiger charge is -2.09. The van der Waals surface area contributed by atoms with Crippen LogP contribution in [-0.2, 0) is 4.79 Å². The quantitative estimate of drug-likeness (QED) is 0.560. The normalized spacial score (nSPS) is 11.9. The topological polar surface area (TPSA) is 54.4 Å². The standard InChI is InChI=1S/C18H17IO3/c1-2-12(18(21)22)11-17(20)15-5-3-13(4-6-15)14-7-9-16(19)10-8-14/h3-10,12H,2,11H2,1H3,(H,21,22). The third-order valence-electron chi connectivity index (χ3n) is 3.66. The predicted molar refractivity (Wildman–Crippen MR) is 95.0 cm³/mol. The molecule has 3 nitrogen and oxygen atoms in total. The van der Waals surface area contributed by atoms with E-state index in [0.717, 1.165) is 11.1 Å². The van der Waals surface area contributed by atoms with Gasteiger partial charge in [-0.1, -0.05) is 43.3 Å². The third-order valence-corrected chi connectivity index (χ3v) is 4.38. The average Bonchev–Trinajstić information content (AvgIpc) is 2.53. The summed E-state index contributed by atoms with van der Waals surface area (Å²) >= 11 is 2.26. The van der Waals surface area contributed by atoms with Crippen molar-refractivity contribution in [1.82, 2.24) is 0 Å². The molecule has 2 rings (SSSR count). The van der Waals surface area contributed by atoms with Crippen LogP contribution < -0.4 is 0 Å². The van der Waals surface area contributed by atoms with E-state index in [1.807, 2.05) is 36.4 Å². The number of halogens is 1. The van der Waals surface area contributed by atoms with Gasteiger partial charge >= 0.3 is 5.97 Å².